The highest BCUT2D eigenvalue weighted by Gasteiger charge is 2.26. The molecule has 2 rings (SSSR count). The molecule has 0 unspecified atom stereocenters. The van der Waals surface area contributed by atoms with Gasteiger partial charge in [-0.3, -0.25) is 9.59 Å². The third-order valence-electron chi connectivity index (χ3n) is 3.84. The molecular formula is C14H22N4O2S. The fourth-order valence-electron chi connectivity index (χ4n) is 2.36. The van der Waals surface area contributed by atoms with Crippen molar-refractivity contribution in [2.75, 3.05) is 19.6 Å². The Morgan fingerprint density at radius 1 is 1.38 bits per heavy atom. The van der Waals surface area contributed by atoms with Crippen LogP contribution in [0.3, 0.4) is 0 Å². The monoisotopic (exact) mass is 310 g/mol. The van der Waals surface area contributed by atoms with E-state index in [9.17, 15) is 9.59 Å². The first-order valence-corrected chi connectivity index (χ1v) is 8.12. The van der Waals surface area contributed by atoms with E-state index >= 15 is 0 Å². The average molecular weight is 310 g/mol. The van der Waals surface area contributed by atoms with Crippen LogP contribution in [0.1, 0.15) is 42.1 Å². The lowest BCUT2D eigenvalue weighted by Crippen LogP contribution is -2.42. The van der Waals surface area contributed by atoms with Crippen molar-refractivity contribution in [2.45, 2.75) is 33.6 Å². The van der Waals surface area contributed by atoms with Gasteiger partial charge in [-0.15, -0.1) is 5.10 Å². The number of nitrogens with zero attached hydrogens (tertiary/aromatic N) is 3. The van der Waals surface area contributed by atoms with Crippen LogP contribution in [0.5, 0.6) is 0 Å². The molecule has 1 fully saturated rings. The number of piperidine rings is 1. The van der Waals surface area contributed by atoms with Gasteiger partial charge in [-0.05, 0) is 37.2 Å². The Bertz CT molecular complexity index is 507. The number of aromatic nitrogens is 2. The summed E-state index contributed by atoms with van der Waals surface area (Å²) in [4.78, 5) is 26.4. The molecule has 0 aliphatic carbocycles. The van der Waals surface area contributed by atoms with Crippen LogP contribution in [0.15, 0.2) is 0 Å². The van der Waals surface area contributed by atoms with E-state index in [-0.39, 0.29) is 17.7 Å². The smallest absolute Gasteiger partial charge is 0.267 e. The van der Waals surface area contributed by atoms with Crippen molar-refractivity contribution >= 4 is 23.3 Å². The molecule has 2 heterocycles. The molecule has 1 aliphatic heterocycles. The van der Waals surface area contributed by atoms with Gasteiger partial charge in [0.2, 0.25) is 5.91 Å². The minimum Gasteiger partial charge on any atom is -0.356 e. The number of hydrogen-bond donors (Lipinski definition) is 1. The Morgan fingerprint density at radius 3 is 2.57 bits per heavy atom. The summed E-state index contributed by atoms with van der Waals surface area (Å²) in [6.07, 6.45) is 1.85. The number of hydrogen-bond acceptors (Lipinski definition) is 5. The number of carbonyl (C=O) groups excluding carboxylic acids is 2. The highest BCUT2D eigenvalue weighted by atomic mass is 32.1. The average Bonchev–Trinajstić information content (AvgIpc) is 2.90. The largest absolute Gasteiger partial charge is 0.356 e. The summed E-state index contributed by atoms with van der Waals surface area (Å²) in [7, 11) is 0. The van der Waals surface area contributed by atoms with Gasteiger partial charge in [0, 0.05) is 25.6 Å². The standard InChI is InChI=1S/C14H22N4O2S/c1-9(2)13(19)15-8-11-4-6-18(7-5-11)14(20)12-10(3)16-17-21-12/h9,11H,4-8H2,1-3H3,(H,15,19). The van der Waals surface area contributed by atoms with Crippen LogP contribution in [0.4, 0.5) is 0 Å². The molecule has 6 nitrogen and oxygen atoms in total. The molecular weight excluding hydrogens is 288 g/mol. The molecule has 0 atom stereocenters. The molecule has 1 aliphatic rings. The Morgan fingerprint density at radius 2 is 2.05 bits per heavy atom. The number of amides is 2. The van der Waals surface area contributed by atoms with Gasteiger partial charge < -0.3 is 10.2 Å². The zero-order chi connectivity index (χ0) is 15.4. The summed E-state index contributed by atoms with van der Waals surface area (Å²) >= 11 is 1.16. The molecule has 2 amide bonds. The molecule has 116 valence electrons. The van der Waals surface area contributed by atoms with E-state index in [4.69, 9.17) is 0 Å². The van der Waals surface area contributed by atoms with Crippen molar-refractivity contribution < 1.29 is 9.59 Å². The fourth-order valence-corrected chi connectivity index (χ4v) is 2.99. The van der Waals surface area contributed by atoms with E-state index in [2.05, 4.69) is 14.9 Å². The Labute approximate surface area is 129 Å². The molecule has 21 heavy (non-hydrogen) atoms. The van der Waals surface area contributed by atoms with E-state index in [0.717, 1.165) is 37.5 Å². The van der Waals surface area contributed by atoms with Crippen LogP contribution in [0.25, 0.3) is 0 Å². The van der Waals surface area contributed by atoms with Crippen molar-refractivity contribution in [3.05, 3.63) is 10.6 Å². The van der Waals surface area contributed by atoms with Crippen molar-refractivity contribution in [1.29, 1.82) is 0 Å². The number of carbonyl (C=O) groups is 2. The Hall–Kier alpha value is -1.50. The molecule has 1 saturated heterocycles. The van der Waals surface area contributed by atoms with Crippen LogP contribution in [0, 0.1) is 18.8 Å². The number of rotatable bonds is 4. The lowest BCUT2D eigenvalue weighted by molar-refractivity contribution is -0.124. The van der Waals surface area contributed by atoms with E-state index < -0.39 is 0 Å². The predicted molar refractivity (Wildman–Crippen MR) is 81.1 cm³/mol. The molecule has 0 spiro atoms. The van der Waals surface area contributed by atoms with Crippen molar-refractivity contribution in [2.24, 2.45) is 11.8 Å². The van der Waals surface area contributed by atoms with Crippen LogP contribution in [-0.4, -0.2) is 45.9 Å². The lowest BCUT2D eigenvalue weighted by Gasteiger charge is -2.31. The Balaban J connectivity index is 1.79. The van der Waals surface area contributed by atoms with Gasteiger partial charge in [-0.1, -0.05) is 18.3 Å². The van der Waals surface area contributed by atoms with Crippen molar-refractivity contribution in [3.63, 3.8) is 0 Å². The molecule has 1 aromatic heterocycles. The second-order valence-electron chi connectivity index (χ2n) is 5.82. The second kappa shape index (κ2) is 6.98. The van der Waals surface area contributed by atoms with Crippen LogP contribution >= 0.6 is 11.5 Å². The molecule has 7 heteroatoms. The zero-order valence-corrected chi connectivity index (χ0v) is 13.6. The number of likely N-dealkylation sites (tertiary alicyclic amines) is 1. The number of aryl methyl sites for hydroxylation is 1. The Kier molecular flexibility index (Phi) is 5.27. The third-order valence-corrected chi connectivity index (χ3v) is 4.65. The summed E-state index contributed by atoms with van der Waals surface area (Å²) < 4.78 is 3.81. The SMILES string of the molecule is Cc1nnsc1C(=O)N1CCC(CNC(=O)C(C)C)CC1. The van der Waals surface area contributed by atoms with Gasteiger partial charge in [0.1, 0.15) is 4.88 Å². The third kappa shape index (κ3) is 4.00. The summed E-state index contributed by atoms with van der Waals surface area (Å²) in [5, 5.41) is 6.86. The van der Waals surface area contributed by atoms with E-state index in [0.29, 0.717) is 23.0 Å². The summed E-state index contributed by atoms with van der Waals surface area (Å²) in [6, 6.07) is 0. The summed E-state index contributed by atoms with van der Waals surface area (Å²) in [6.45, 7) is 7.77. The summed E-state index contributed by atoms with van der Waals surface area (Å²) in [5.74, 6) is 0.609. The van der Waals surface area contributed by atoms with Crippen LogP contribution in [-0.2, 0) is 4.79 Å². The maximum atomic E-state index is 12.3. The lowest BCUT2D eigenvalue weighted by atomic mass is 9.96. The normalized spacial score (nSPS) is 16.3. The van der Waals surface area contributed by atoms with Crippen LogP contribution < -0.4 is 5.32 Å². The zero-order valence-electron chi connectivity index (χ0n) is 12.8. The van der Waals surface area contributed by atoms with Gasteiger partial charge in [0.05, 0.1) is 5.69 Å². The second-order valence-corrected chi connectivity index (χ2v) is 6.58. The topological polar surface area (TPSA) is 75.2 Å². The van der Waals surface area contributed by atoms with E-state index in [1.54, 1.807) is 0 Å². The highest BCUT2D eigenvalue weighted by Crippen LogP contribution is 2.20. The molecule has 0 bridgehead atoms. The minimum absolute atomic E-state index is 0.0217. The maximum absolute atomic E-state index is 12.3. The summed E-state index contributed by atoms with van der Waals surface area (Å²) in [5.41, 5.74) is 0.705. The highest BCUT2D eigenvalue weighted by molar-refractivity contribution is 7.07. The van der Waals surface area contributed by atoms with Gasteiger partial charge >= 0.3 is 0 Å². The van der Waals surface area contributed by atoms with Crippen LogP contribution in [0.2, 0.25) is 0 Å². The molecule has 0 aromatic carbocycles. The van der Waals surface area contributed by atoms with E-state index in [1.165, 1.54) is 0 Å². The van der Waals surface area contributed by atoms with Crippen molar-refractivity contribution in [3.8, 4) is 0 Å². The first kappa shape index (κ1) is 15.9. The molecule has 0 radical (unpaired) electrons. The maximum Gasteiger partial charge on any atom is 0.267 e. The van der Waals surface area contributed by atoms with Gasteiger partial charge in [-0.25, -0.2) is 0 Å². The van der Waals surface area contributed by atoms with Gasteiger partial charge in [0.15, 0.2) is 0 Å². The predicted octanol–water partition coefficient (Wildman–Crippen LogP) is 1.47. The fraction of sp³-hybridized carbons (Fsp3) is 0.714. The molecule has 1 aromatic rings. The molecule has 0 saturated carbocycles. The minimum atomic E-state index is 0.0217. The molecule has 1 N–H and O–H groups in total. The van der Waals surface area contributed by atoms with E-state index in [1.807, 2.05) is 25.7 Å². The number of nitrogens with one attached hydrogen (secondary N) is 1. The van der Waals surface area contributed by atoms with Gasteiger partial charge in [-0.2, -0.15) is 0 Å². The first-order chi connectivity index (χ1) is 9.99. The van der Waals surface area contributed by atoms with Gasteiger partial charge in [0.25, 0.3) is 5.91 Å². The first-order valence-electron chi connectivity index (χ1n) is 7.35. The van der Waals surface area contributed by atoms with Crippen molar-refractivity contribution in [1.82, 2.24) is 19.8 Å². The quantitative estimate of drug-likeness (QED) is 0.914.